The molecule has 4 rings (SSSR count). The number of nitrogens with one attached hydrogen (secondary N) is 2. The Kier molecular flexibility index (Phi) is 10.5. The molecule has 2 N–H and O–H groups in total. The first-order valence-electron chi connectivity index (χ1n) is 14.5. The second kappa shape index (κ2) is 14.0. The van der Waals surface area contributed by atoms with E-state index in [1.54, 1.807) is 47.4 Å². The summed E-state index contributed by atoms with van der Waals surface area (Å²) in [4.78, 5) is 15.3. The molecule has 3 aromatic rings. The summed E-state index contributed by atoms with van der Waals surface area (Å²) in [6.45, 7) is 4.01. The second-order valence-corrected chi connectivity index (χ2v) is 11.0. The molecule has 1 saturated heterocycles. The van der Waals surface area contributed by atoms with Gasteiger partial charge in [-0.15, -0.1) is 0 Å². The Morgan fingerprint density at radius 3 is 2.67 bits per heavy atom. The number of amides is 1. The quantitative estimate of drug-likeness (QED) is 0.154. The number of anilines is 3. The van der Waals surface area contributed by atoms with Crippen LogP contribution in [0, 0.1) is 11.8 Å². The number of benzene rings is 2. The molecule has 1 amide bonds. The molecule has 232 valence electrons. The number of rotatable bonds is 11. The van der Waals surface area contributed by atoms with Gasteiger partial charge < -0.3 is 29.7 Å². The topological polar surface area (TPSA) is 61.8 Å². The van der Waals surface area contributed by atoms with E-state index in [-0.39, 0.29) is 18.3 Å². The van der Waals surface area contributed by atoms with E-state index in [1.807, 2.05) is 18.9 Å². The van der Waals surface area contributed by atoms with Gasteiger partial charge in [-0.05, 0) is 63.1 Å². The number of aromatic nitrogens is 1. The van der Waals surface area contributed by atoms with E-state index in [0.29, 0.717) is 46.7 Å². The average molecular weight is 602 g/mol. The van der Waals surface area contributed by atoms with Crippen molar-refractivity contribution < 1.29 is 27.1 Å². The van der Waals surface area contributed by atoms with Crippen LogP contribution in [0.4, 0.5) is 34.6 Å². The lowest BCUT2D eigenvalue weighted by Crippen LogP contribution is -2.46. The van der Waals surface area contributed by atoms with Crippen LogP contribution >= 0.6 is 0 Å². The smallest absolute Gasteiger partial charge is 0.406 e. The molecule has 0 spiro atoms. The Morgan fingerprint density at radius 2 is 2.00 bits per heavy atom. The maximum atomic E-state index is 14.7. The van der Waals surface area contributed by atoms with Crippen molar-refractivity contribution >= 4 is 34.4 Å². The van der Waals surface area contributed by atoms with E-state index in [2.05, 4.69) is 29.4 Å². The first-order valence-corrected chi connectivity index (χ1v) is 14.5. The Morgan fingerprint density at radius 1 is 1.21 bits per heavy atom. The number of carbonyl (C=O) groups is 1. The van der Waals surface area contributed by atoms with Crippen molar-refractivity contribution in [2.24, 2.45) is 0 Å². The lowest BCUT2D eigenvalue weighted by atomic mass is 10.0. The normalized spacial score (nSPS) is 18.0. The fourth-order valence-electron chi connectivity index (χ4n) is 5.52. The molecule has 0 unspecified atom stereocenters. The molecule has 0 saturated carbocycles. The van der Waals surface area contributed by atoms with Gasteiger partial charge in [-0.2, -0.15) is 13.2 Å². The third-order valence-electron chi connectivity index (χ3n) is 7.73. The standard InChI is InChI=1S/C32H39F4N5O2/c1-5-8-22(2)41(21-42)24-12-13-29(31(18-24)43-4)37-15-7-9-23-17-25-27(38-28-14-16-39(3)19-26(28)33)10-6-11-30(25)40(23)20-32(34,35)36/h6,10-13,17-18,21-22,26,28,37-38H,5,8,14-16,19-20H2,1-4H3/t22-,26-,28+/m0/s1. The van der Waals surface area contributed by atoms with Crippen LogP contribution in [0.1, 0.15) is 38.8 Å². The maximum absolute atomic E-state index is 14.7. The zero-order valence-corrected chi connectivity index (χ0v) is 25.0. The highest BCUT2D eigenvalue weighted by Gasteiger charge is 2.31. The van der Waals surface area contributed by atoms with Crippen LogP contribution in [0.15, 0.2) is 42.5 Å². The molecule has 0 bridgehead atoms. The molecule has 0 radical (unpaired) electrons. The molecule has 1 aliphatic heterocycles. The van der Waals surface area contributed by atoms with Gasteiger partial charge in [0.25, 0.3) is 0 Å². The average Bonchev–Trinajstić information content (AvgIpc) is 3.30. The minimum atomic E-state index is -4.46. The number of ether oxygens (including phenoxy) is 1. The van der Waals surface area contributed by atoms with Crippen LogP contribution < -0.4 is 20.3 Å². The molecule has 7 nitrogen and oxygen atoms in total. The number of carbonyl (C=O) groups excluding carboxylic acids is 1. The van der Waals surface area contributed by atoms with E-state index in [0.717, 1.165) is 30.4 Å². The van der Waals surface area contributed by atoms with Gasteiger partial charge >= 0.3 is 6.18 Å². The van der Waals surface area contributed by atoms with E-state index in [1.165, 1.54) is 7.11 Å². The van der Waals surface area contributed by atoms with Crippen molar-refractivity contribution in [3.63, 3.8) is 0 Å². The van der Waals surface area contributed by atoms with E-state index >= 15 is 0 Å². The van der Waals surface area contributed by atoms with Gasteiger partial charge in [0, 0.05) is 42.0 Å². The SMILES string of the molecule is CCC[C@H](C)N(C=O)c1ccc(NCC#Cc2cc3c(N[C@@H]4CCN(C)C[C@@H]4F)cccc3n2CC(F)(F)F)c(OC)c1. The number of fused-ring (bicyclic) bond motifs is 1. The molecule has 2 heterocycles. The number of alkyl halides is 4. The Balaban J connectivity index is 1.57. The fraction of sp³-hybridized carbons (Fsp3) is 0.469. The first kappa shape index (κ1) is 32.0. The highest BCUT2D eigenvalue weighted by atomic mass is 19.4. The summed E-state index contributed by atoms with van der Waals surface area (Å²) in [6, 6.07) is 11.6. The van der Waals surface area contributed by atoms with E-state index in [4.69, 9.17) is 4.74 Å². The van der Waals surface area contributed by atoms with Crippen molar-refractivity contribution in [3.8, 4) is 17.6 Å². The number of methoxy groups -OCH3 is 1. The zero-order valence-electron chi connectivity index (χ0n) is 25.0. The Bertz CT molecular complexity index is 1460. The van der Waals surface area contributed by atoms with Crippen LogP contribution in [0.2, 0.25) is 0 Å². The Hall–Kier alpha value is -3.91. The minimum absolute atomic E-state index is 0.0267. The van der Waals surface area contributed by atoms with Gasteiger partial charge in [0.1, 0.15) is 18.5 Å². The number of halogens is 4. The number of piperidine rings is 1. The van der Waals surface area contributed by atoms with Crippen LogP contribution in [0.3, 0.4) is 0 Å². The van der Waals surface area contributed by atoms with Crippen molar-refractivity contribution in [2.75, 3.05) is 49.3 Å². The summed E-state index contributed by atoms with van der Waals surface area (Å²) in [6.07, 6.45) is -2.36. The summed E-state index contributed by atoms with van der Waals surface area (Å²) in [5.41, 5.74) is 2.49. The highest BCUT2D eigenvalue weighted by molar-refractivity contribution is 5.94. The number of likely N-dealkylation sites (tertiary alicyclic amines) is 1. The summed E-state index contributed by atoms with van der Waals surface area (Å²) < 4.78 is 62.2. The molecular formula is C32H39F4N5O2. The molecule has 1 aromatic heterocycles. The van der Waals surface area contributed by atoms with Crippen molar-refractivity contribution in [1.29, 1.82) is 0 Å². The maximum Gasteiger partial charge on any atom is 0.406 e. The zero-order chi connectivity index (χ0) is 31.1. The predicted octanol–water partition coefficient (Wildman–Crippen LogP) is 6.28. The van der Waals surface area contributed by atoms with E-state index < -0.39 is 24.9 Å². The lowest BCUT2D eigenvalue weighted by Gasteiger charge is -2.33. The molecule has 11 heteroatoms. The fourth-order valence-corrected chi connectivity index (χ4v) is 5.52. The summed E-state index contributed by atoms with van der Waals surface area (Å²) in [5.74, 6) is 6.33. The molecule has 43 heavy (non-hydrogen) atoms. The van der Waals surface area contributed by atoms with Crippen molar-refractivity contribution in [3.05, 3.63) is 48.2 Å². The monoisotopic (exact) mass is 601 g/mol. The second-order valence-electron chi connectivity index (χ2n) is 11.0. The molecule has 1 aliphatic rings. The molecule has 0 aliphatic carbocycles. The van der Waals surface area contributed by atoms with Crippen molar-refractivity contribution in [1.82, 2.24) is 9.47 Å². The third kappa shape index (κ3) is 7.93. The van der Waals surface area contributed by atoms with Gasteiger partial charge in [-0.3, -0.25) is 4.79 Å². The largest absolute Gasteiger partial charge is 0.495 e. The van der Waals surface area contributed by atoms with Crippen LogP contribution in [-0.4, -0.2) is 74.1 Å². The van der Waals surface area contributed by atoms with Crippen LogP contribution in [0.25, 0.3) is 10.9 Å². The highest BCUT2D eigenvalue weighted by Crippen LogP contribution is 2.32. The number of hydrogen-bond donors (Lipinski definition) is 2. The van der Waals surface area contributed by atoms with Crippen LogP contribution in [0.5, 0.6) is 5.75 Å². The van der Waals surface area contributed by atoms with Gasteiger partial charge in [-0.25, -0.2) is 4.39 Å². The number of nitrogens with zero attached hydrogens (tertiary/aromatic N) is 3. The molecule has 3 atom stereocenters. The third-order valence-corrected chi connectivity index (χ3v) is 7.73. The summed E-state index contributed by atoms with van der Waals surface area (Å²) in [5, 5.41) is 6.95. The Labute approximate surface area is 250 Å². The number of hydrogen-bond acceptors (Lipinski definition) is 5. The van der Waals surface area contributed by atoms with Gasteiger partial charge in [-0.1, -0.05) is 25.3 Å². The molecular weight excluding hydrogens is 562 g/mol. The predicted molar refractivity (Wildman–Crippen MR) is 164 cm³/mol. The van der Waals surface area contributed by atoms with Gasteiger partial charge in [0.05, 0.1) is 36.6 Å². The summed E-state index contributed by atoms with van der Waals surface area (Å²) >= 11 is 0. The minimum Gasteiger partial charge on any atom is -0.495 e. The van der Waals surface area contributed by atoms with Crippen molar-refractivity contribution in [2.45, 2.75) is 64.1 Å². The van der Waals surface area contributed by atoms with Gasteiger partial charge in [0.15, 0.2) is 0 Å². The summed E-state index contributed by atoms with van der Waals surface area (Å²) in [7, 11) is 3.39. The van der Waals surface area contributed by atoms with Gasteiger partial charge in [0.2, 0.25) is 6.41 Å². The molecule has 1 fully saturated rings. The van der Waals surface area contributed by atoms with Crippen LogP contribution in [-0.2, 0) is 11.3 Å². The lowest BCUT2D eigenvalue weighted by molar-refractivity contribution is -0.140. The van der Waals surface area contributed by atoms with E-state index in [9.17, 15) is 22.4 Å². The molecule has 2 aromatic carbocycles. The first-order chi connectivity index (χ1) is 20.5.